The zero-order valence-corrected chi connectivity index (χ0v) is 16.0. The van der Waals surface area contributed by atoms with Crippen LogP contribution in [0.3, 0.4) is 0 Å². The van der Waals surface area contributed by atoms with Crippen LogP contribution in [0, 0.1) is 0 Å². The van der Waals surface area contributed by atoms with E-state index in [9.17, 15) is 0 Å². The van der Waals surface area contributed by atoms with Crippen molar-refractivity contribution in [3.05, 3.63) is 107 Å². The number of pyridine rings is 1. The van der Waals surface area contributed by atoms with Gasteiger partial charge in [0.25, 0.3) is 0 Å². The van der Waals surface area contributed by atoms with Crippen LogP contribution >= 0.6 is 0 Å². The fourth-order valence-electron chi connectivity index (χ4n) is 3.15. The molecule has 0 saturated carbocycles. The average molecular weight is 382 g/mol. The summed E-state index contributed by atoms with van der Waals surface area (Å²) in [7, 11) is 0. The second-order valence-corrected chi connectivity index (χ2v) is 6.82. The first-order chi connectivity index (χ1) is 14.2. The summed E-state index contributed by atoms with van der Waals surface area (Å²) >= 11 is 0. The van der Waals surface area contributed by atoms with Crippen LogP contribution in [0.2, 0.25) is 0 Å². The molecule has 0 atom stereocenters. The number of hydrazone groups is 1. The summed E-state index contributed by atoms with van der Waals surface area (Å²) in [4.78, 5) is 4.64. The summed E-state index contributed by atoms with van der Waals surface area (Å²) in [5.41, 5.74) is 10.8. The Bertz CT molecular complexity index is 1140. The molecule has 144 valence electrons. The number of para-hydroxylation sites is 1. The molecule has 1 heterocycles. The number of hydrogen-bond donors (Lipinski definition) is 2. The predicted molar refractivity (Wildman–Crippen MR) is 117 cm³/mol. The molecule has 0 spiro atoms. The molecule has 3 aromatic carbocycles. The highest BCUT2D eigenvalue weighted by Gasteiger charge is 2.03. The SMILES string of the molecule is N/N=C(\N)c1ccc(Cc2ccc(OCc3ccc4ccccc4n3)cc2)cc1. The van der Waals surface area contributed by atoms with Crippen LogP contribution < -0.4 is 16.3 Å². The van der Waals surface area contributed by atoms with Gasteiger partial charge in [-0.1, -0.05) is 60.7 Å². The van der Waals surface area contributed by atoms with Gasteiger partial charge in [0.2, 0.25) is 0 Å². The number of nitrogens with two attached hydrogens (primary N) is 2. The highest BCUT2D eigenvalue weighted by atomic mass is 16.5. The van der Waals surface area contributed by atoms with Gasteiger partial charge in [0.05, 0.1) is 11.2 Å². The zero-order chi connectivity index (χ0) is 20.1. The molecule has 5 heteroatoms. The molecule has 4 N–H and O–H groups in total. The number of amidine groups is 1. The molecule has 4 aromatic rings. The van der Waals surface area contributed by atoms with Crippen LogP contribution in [0.15, 0.2) is 90.0 Å². The molecule has 0 aliphatic heterocycles. The molecule has 4 rings (SSSR count). The third-order valence-electron chi connectivity index (χ3n) is 4.76. The van der Waals surface area contributed by atoms with Gasteiger partial charge >= 0.3 is 0 Å². The Morgan fingerprint density at radius 1 is 0.828 bits per heavy atom. The van der Waals surface area contributed by atoms with Crippen LogP contribution in [0.4, 0.5) is 0 Å². The molecule has 0 saturated heterocycles. The van der Waals surface area contributed by atoms with Gasteiger partial charge in [-0.25, -0.2) is 4.98 Å². The number of ether oxygens (including phenoxy) is 1. The lowest BCUT2D eigenvalue weighted by Crippen LogP contribution is -2.15. The summed E-state index contributed by atoms with van der Waals surface area (Å²) in [6.07, 6.45) is 0.826. The maximum absolute atomic E-state index is 5.90. The molecule has 5 nitrogen and oxygen atoms in total. The lowest BCUT2D eigenvalue weighted by Gasteiger charge is -2.08. The van der Waals surface area contributed by atoms with E-state index >= 15 is 0 Å². The third kappa shape index (κ3) is 4.52. The minimum absolute atomic E-state index is 0.332. The van der Waals surface area contributed by atoms with Crippen molar-refractivity contribution >= 4 is 16.7 Å². The Morgan fingerprint density at radius 3 is 2.24 bits per heavy atom. The Kier molecular flexibility index (Phi) is 5.38. The lowest BCUT2D eigenvalue weighted by molar-refractivity contribution is 0.301. The van der Waals surface area contributed by atoms with Crippen molar-refractivity contribution in [1.29, 1.82) is 0 Å². The van der Waals surface area contributed by atoms with Crippen molar-refractivity contribution in [2.45, 2.75) is 13.0 Å². The van der Waals surface area contributed by atoms with E-state index in [4.69, 9.17) is 16.3 Å². The Balaban J connectivity index is 1.37. The predicted octanol–water partition coefficient (Wildman–Crippen LogP) is 3.98. The summed E-state index contributed by atoms with van der Waals surface area (Å²) < 4.78 is 5.90. The number of benzene rings is 3. The third-order valence-corrected chi connectivity index (χ3v) is 4.76. The maximum Gasteiger partial charge on any atom is 0.150 e. The molecule has 0 aliphatic rings. The average Bonchev–Trinajstić information content (AvgIpc) is 2.78. The van der Waals surface area contributed by atoms with E-state index in [1.165, 1.54) is 11.1 Å². The number of hydrogen-bond acceptors (Lipinski definition) is 4. The maximum atomic E-state index is 5.90. The number of aromatic nitrogens is 1. The van der Waals surface area contributed by atoms with Crippen molar-refractivity contribution in [2.24, 2.45) is 16.7 Å². The van der Waals surface area contributed by atoms with Crippen molar-refractivity contribution in [3.8, 4) is 5.75 Å². The highest BCUT2D eigenvalue weighted by molar-refractivity contribution is 5.97. The van der Waals surface area contributed by atoms with Crippen molar-refractivity contribution in [3.63, 3.8) is 0 Å². The quantitative estimate of drug-likeness (QED) is 0.228. The molecular weight excluding hydrogens is 360 g/mol. The fraction of sp³-hybridized carbons (Fsp3) is 0.0833. The van der Waals surface area contributed by atoms with Crippen LogP contribution in [0.25, 0.3) is 10.9 Å². The van der Waals surface area contributed by atoms with Gasteiger partial charge in [-0.15, -0.1) is 0 Å². The van der Waals surface area contributed by atoms with Crippen molar-refractivity contribution in [2.75, 3.05) is 0 Å². The van der Waals surface area contributed by atoms with Gasteiger partial charge in [-0.2, -0.15) is 5.10 Å². The summed E-state index contributed by atoms with van der Waals surface area (Å²) in [5, 5.41) is 4.64. The Labute approximate surface area is 169 Å². The summed E-state index contributed by atoms with van der Waals surface area (Å²) in [6.45, 7) is 0.440. The number of rotatable bonds is 6. The van der Waals surface area contributed by atoms with E-state index in [-0.39, 0.29) is 0 Å². The molecule has 29 heavy (non-hydrogen) atoms. The minimum atomic E-state index is 0.332. The number of fused-ring (bicyclic) bond motifs is 1. The molecule has 0 radical (unpaired) electrons. The lowest BCUT2D eigenvalue weighted by atomic mass is 10.0. The molecule has 1 aromatic heterocycles. The highest BCUT2D eigenvalue weighted by Crippen LogP contribution is 2.18. The van der Waals surface area contributed by atoms with E-state index in [0.29, 0.717) is 12.4 Å². The van der Waals surface area contributed by atoms with Gasteiger partial charge in [0.15, 0.2) is 0 Å². The van der Waals surface area contributed by atoms with E-state index in [0.717, 1.165) is 34.3 Å². The molecular formula is C24H22N4O. The van der Waals surface area contributed by atoms with Crippen LogP contribution in [0.1, 0.15) is 22.4 Å². The van der Waals surface area contributed by atoms with Gasteiger partial charge in [-0.05, 0) is 41.8 Å². The van der Waals surface area contributed by atoms with Crippen LogP contribution in [0.5, 0.6) is 5.75 Å². The Morgan fingerprint density at radius 2 is 1.52 bits per heavy atom. The molecule has 0 amide bonds. The van der Waals surface area contributed by atoms with Gasteiger partial charge in [-0.3, -0.25) is 0 Å². The van der Waals surface area contributed by atoms with Gasteiger partial charge in [0, 0.05) is 10.9 Å². The van der Waals surface area contributed by atoms with Crippen molar-refractivity contribution in [1.82, 2.24) is 4.98 Å². The van der Waals surface area contributed by atoms with Crippen LogP contribution in [-0.4, -0.2) is 10.8 Å². The number of nitrogens with zero attached hydrogens (tertiary/aromatic N) is 2. The normalized spacial score (nSPS) is 11.5. The summed E-state index contributed by atoms with van der Waals surface area (Å²) in [5.74, 6) is 6.37. The molecule has 0 fully saturated rings. The Hall–Kier alpha value is -3.86. The van der Waals surface area contributed by atoms with E-state index in [1.807, 2.05) is 60.7 Å². The van der Waals surface area contributed by atoms with Gasteiger partial charge in [0.1, 0.15) is 18.2 Å². The summed E-state index contributed by atoms with van der Waals surface area (Å²) in [6, 6.07) is 28.2. The smallest absolute Gasteiger partial charge is 0.150 e. The van der Waals surface area contributed by atoms with Crippen LogP contribution in [-0.2, 0) is 13.0 Å². The van der Waals surface area contributed by atoms with Crippen molar-refractivity contribution < 1.29 is 4.74 Å². The fourth-order valence-corrected chi connectivity index (χ4v) is 3.15. The molecule has 0 bridgehead atoms. The first kappa shape index (κ1) is 18.5. The topological polar surface area (TPSA) is 86.5 Å². The van der Waals surface area contributed by atoms with E-state index < -0.39 is 0 Å². The molecule has 0 aliphatic carbocycles. The largest absolute Gasteiger partial charge is 0.487 e. The van der Waals surface area contributed by atoms with Gasteiger partial charge < -0.3 is 16.3 Å². The second kappa shape index (κ2) is 8.44. The standard InChI is InChI=1S/C24H22N4O/c25-24(28-26)20-9-5-17(6-10-20)15-18-7-13-22(14-8-18)29-16-21-12-11-19-3-1-2-4-23(19)27-21/h1-14H,15-16,26H2,(H2,25,28). The zero-order valence-electron chi connectivity index (χ0n) is 16.0. The van der Waals surface area contributed by atoms with E-state index in [2.05, 4.69) is 34.4 Å². The first-order valence-corrected chi connectivity index (χ1v) is 9.40. The minimum Gasteiger partial charge on any atom is -0.487 e. The monoisotopic (exact) mass is 382 g/mol. The van der Waals surface area contributed by atoms with E-state index in [1.54, 1.807) is 0 Å². The second-order valence-electron chi connectivity index (χ2n) is 6.82. The molecule has 0 unspecified atom stereocenters. The first-order valence-electron chi connectivity index (χ1n) is 9.40.